The van der Waals surface area contributed by atoms with Crippen molar-refractivity contribution in [2.45, 2.75) is 18.8 Å². The Kier molecular flexibility index (Phi) is 2.42. The number of aldehydes is 1. The highest BCUT2D eigenvalue weighted by Gasteiger charge is 2.41. The van der Waals surface area contributed by atoms with Crippen LogP contribution in [0.4, 0.5) is 0 Å². The Labute approximate surface area is 92.3 Å². The van der Waals surface area contributed by atoms with Crippen LogP contribution in [0.15, 0.2) is 6.20 Å². The number of sulfone groups is 1. The maximum absolute atomic E-state index is 11.4. The van der Waals surface area contributed by atoms with E-state index in [4.69, 9.17) is 0 Å². The number of hydrogen-bond acceptors (Lipinski definition) is 5. The van der Waals surface area contributed by atoms with Gasteiger partial charge in [-0.3, -0.25) is 4.79 Å². The molecule has 2 heterocycles. The van der Waals surface area contributed by atoms with E-state index in [1.165, 1.54) is 17.5 Å². The average molecular weight is 245 g/mol. The molecule has 6 heteroatoms. The summed E-state index contributed by atoms with van der Waals surface area (Å²) in [4.78, 5) is 15.2. The van der Waals surface area contributed by atoms with E-state index in [2.05, 4.69) is 4.98 Å². The van der Waals surface area contributed by atoms with E-state index in [0.717, 1.165) is 11.3 Å². The molecular weight excluding hydrogens is 234 g/mol. The number of nitrogens with zero attached hydrogens (tertiary/aromatic N) is 1. The van der Waals surface area contributed by atoms with Gasteiger partial charge in [-0.1, -0.05) is 6.92 Å². The third kappa shape index (κ3) is 1.96. The average Bonchev–Trinajstić information content (AvgIpc) is 2.71. The highest BCUT2D eigenvalue weighted by Crippen LogP contribution is 2.37. The summed E-state index contributed by atoms with van der Waals surface area (Å²) in [6.07, 6.45) is 2.85. The molecule has 1 atom stereocenters. The fourth-order valence-corrected chi connectivity index (χ4v) is 4.95. The van der Waals surface area contributed by atoms with Crippen molar-refractivity contribution in [1.82, 2.24) is 4.98 Å². The summed E-state index contributed by atoms with van der Waals surface area (Å²) >= 11 is 1.29. The maximum atomic E-state index is 11.4. The number of rotatable bonds is 2. The molecule has 1 aliphatic rings. The number of hydrogen-bond donors (Lipinski definition) is 0. The van der Waals surface area contributed by atoms with Crippen molar-refractivity contribution in [3.63, 3.8) is 0 Å². The van der Waals surface area contributed by atoms with Gasteiger partial charge in [0, 0.05) is 11.6 Å². The molecule has 1 saturated heterocycles. The smallest absolute Gasteiger partial charge is 0.161 e. The van der Waals surface area contributed by atoms with Crippen molar-refractivity contribution in [3.05, 3.63) is 16.1 Å². The standard InChI is InChI=1S/C9H11NO3S2/c1-9(2-3-15(12,13)6-9)8-10-4-7(5-11)14-8/h4-5H,2-3,6H2,1H3. The summed E-state index contributed by atoms with van der Waals surface area (Å²) < 4.78 is 22.8. The molecule has 1 unspecified atom stereocenters. The minimum Gasteiger partial charge on any atom is -0.297 e. The Hall–Kier alpha value is -0.750. The molecule has 0 N–H and O–H groups in total. The zero-order valence-corrected chi connectivity index (χ0v) is 9.90. The van der Waals surface area contributed by atoms with E-state index >= 15 is 0 Å². The summed E-state index contributed by atoms with van der Waals surface area (Å²) in [5.74, 6) is 0.366. The molecule has 0 aromatic carbocycles. The second-order valence-corrected chi connectivity index (χ2v) is 7.33. The zero-order chi connectivity index (χ0) is 11.1. The van der Waals surface area contributed by atoms with Gasteiger partial charge < -0.3 is 0 Å². The first kappa shape index (κ1) is 10.8. The summed E-state index contributed by atoms with van der Waals surface area (Å²) in [6.45, 7) is 1.89. The highest BCUT2D eigenvalue weighted by atomic mass is 32.2. The summed E-state index contributed by atoms with van der Waals surface area (Å²) in [7, 11) is -2.92. The topological polar surface area (TPSA) is 64.1 Å². The van der Waals surface area contributed by atoms with E-state index in [9.17, 15) is 13.2 Å². The molecular formula is C9H11NO3S2. The van der Waals surface area contributed by atoms with Gasteiger partial charge in [-0.05, 0) is 6.42 Å². The molecule has 1 aromatic heterocycles. The van der Waals surface area contributed by atoms with Crippen LogP contribution in [0.25, 0.3) is 0 Å². The molecule has 0 amide bonds. The van der Waals surface area contributed by atoms with Crippen LogP contribution in [0.1, 0.15) is 28.0 Å². The largest absolute Gasteiger partial charge is 0.297 e. The first-order valence-electron chi connectivity index (χ1n) is 4.57. The van der Waals surface area contributed by atoms with Gasteiger partial charge in [-0.2, -0.15) is 0 Å². The number of aromatic nitrogens is 1. The zero-order valence-electron chi connectivity index (χ0n) is 8.26. The maximum Gasteiger partial charge on any atom is 0.161 e. The Morgan fingerprint density at radius 3 is 2.80 bits per heavy atom. The van der Waals surface area contributed by atoms with Gasteiger partial charge in [0.15, 0.2) is 16.1 Å². The lowest BCUT2D eigenvalue weighted by Crippen LogP contribution is -2.22. The number of carbonyl (C=O) groups excluding carboxylic acids is 1. The summed E-state index contributed by atoms with van der Waals surface area (Å²) in [6, 6.07) is 0. The Morgan fingerprint density at radius 1 is 1.60 bits per heavy atom. The van der Waals surface area contributed by atoms with Gasteiger partial charge in [-0.15, -0.1) is 11.3 Å². The second-order valence-electron chi connectivity index (χ2n) is 4.09. The highest BCUT2D eigenvalue weighted by molar-refractivity contribution is 7.91. The van der Waals surface area contributed by atoms with Gasteiger partial charge in [0.2, 0.25) is 0 Å². The van der Waals surface area contributed by atoms with E-state index in [0.29, 0.717) is 11.3 Å². The molecule has 1 aliphatic heterocycles. The second kappa shape index (κ2) is 3.38. The van der Waals surface area contributed by atoms with Crippen LogP contribution in [0.2, 0.25) is 0 Å². The molecule has 1 fully saturated rings. The van der Waals surface area contributed by atoms with Crippen molar-refractivity contribution < 1.29 is 13.2 Å². The van der Waals surface area contributed by atoms with Gasteiger partial charge in [0.05, 0.1) is 16.4 Å². The van der Waals surface area contributed by atoms with Crippen LogP contribution in [-0.4, -0.2) is 31.2 Å². The lowest BCUT2D eigenvalue weighted by molar-refractivity contribution is 0.112. The Morgan fingerprint density at radius 2 is 2.33 bits per heavy atom. The van der Waals surface area contributed by atoms with Crippen molar-refractivity contribution in [2.24, 2.45) is 0 Å². The molecule has 0 aliphatic carbocycles. The van der Waals surface area contributed by atoms with Crippen LogP contribution in [0.5, 0.6) is 0 Å². The van der Waals surface area contributed by atoms with E-state index in [-0.39, 0.29) is 11.5 Å². The molecule has 0 radical (unpaired) electrons. The lowest BCUT2D eigenvalue weighted by atomic mass is 9.91. The normalized spacial score (nSPS) is 29.1. The van der Waals surface area contributed by atoms with E-state index < -0.39 is 15.3 Å². The lowest BCUT2D eigenvalue weighted by Gasteiger charge is -2.17. The number of carbonyl (C=O) groups is 1. The number of thiazole rings is 1. The van der Waals surface area contributed by atoms with Crippen LogP contribution >= 0.6 is 11.3 Å². The SMILES string of the molecule is CC1(c2ncc(C=O)s2)CCS(=O)(=O)C1. The predicted molar refractivity (Wildman–Crippen MR) is 58.1 cm³/mol. The van der Waals surface area contributed by atoms with Crippen LogP contribution in [0, 0.1) is 0 Å². The molecule has 82 valence electrons. The predicted octanol–water partition coefficient (Wildman–Crippen LogP) is 1.03. The van der Waals surface area contributed by atoms with Crippen LogP contribution in [0.3, 0.4) is 0 Å². The first-order chi connectivity index (χ1) is 6.95. The van der Waals surface area contributed by atoms with Crippen molar-refractivity contribution in [3.8, 4) is 0 Å². The first-order valence-corrected chi connectivity index (χ1v) is 7.21. The van der Waals surface area contributed by atoms with Crippen molar-refractivity contribution >= 4 is 27.5 Å². The van der Waals surface area contributed by atoms with Gasteiger partial charge in [0.1, 0.15) is 5.01 Å². The van der Waals surface area contributed by atoms with Gasteiger partial charge in [-0.25, -0.2) is 13.4 Å². The minimum atomic E-state index is -2.92. The molecule has 4 nitrogen and oxygen atoms in total. The van der Waals surface area contributed by atoms with Crippen molar-refractivity contribution in [2.75, 3.05) is 11.5 Å². The molecule has 2 rings (SSSR count). The van der Waals surface area contributed by atoms with Gasteiger partial charge in [0.25, 0.3) is 0 Å². The summed E-state index contributed by atoms with van der Waals surface area (Å²) in [5.41, 5.74) is -0.398. The van der Waals surface area contributed by atoms with Crippen LogP contribution in [-0.2, 0) is 15.3 Å². The molecule has 0 bridgehead atoms. The molecule has 15 heavy (non-hydrogen) atoms. The van der Waals surface area contributed by atoms with Crippen molar-refractivity contribution in [1.29, 1.82) is 0 Å². The van der Waals surface area contributed by atoms with E-state index in [1.807, 2.05) is 6.92 Å². The monoisotopic (exact) mass is 245 g/mol. The van der Waals surface area contributed by atoms with E-state index in [1.54, 1.807) is 0 Å². The quantitative estimate of drug-likeness (QED) is 0.730. The third-order valence-corrected chi connectivity index (χ3v) is 5.79. The molecule has 0 spiro atoms. The fraction of sp³-hybridized carbons (Fsp3) is 0.556. The fourth-order valence-electron chi connectivity index (χ4n) is 1.80. The minimum absolute atomic E-state index is 0.145. The van der Waals surface area contributed by atoms with Gasteiger partial charge >= 0.3 is 0 Å². The summed E-state index contributed by atoms with van der Waals surface area (Å²) in [5, 5.41) is 0.755. The Balaban J connectivity index is 2.35. The van der Waals surface area contributed by atoms with Crippen LogP contribution < -0.4 is 0 Å². The molecule has 0 saturated carbocycles. The Bertz CT molecular complexity index is 491. The molecule has 1 aromatic rings. The third-order valence-electron chi connectivity index (χ3n) is 2.66.